The van der Waals surface area contributed by atoms with Crippen LogP contribution in [0.3, 0.4) is 0 Å². The van der Waals surface area contributed by atoms with Crippen molar-refractivity contribution in [3.8, 4) is 0 Å². The van der Waals surface area contributed by atoms with Gasteiger partial charge >= 0.3 is 0 Å². The minimum Gasteiger partial charge on any atom is -0.456 e. The second kappa shape index (κ2) is 6.22. The van der Waals surface area contributed by atoms with Gasteiger partial charge in [-0.3, -0.25) is 0 Å². The summed E-state index contributed by atoms with van der Waals surface area (Å²) in [6.45, 7) is 0. The lowest BCUT2D eigenvalue weighted by atomic mass is 10.2. The molecule has 2 aromatic carbocycles. The molecule has 3 aromatic rings. The van der Waals surface area contributed by atoms with E-state index in [1.807, 2.05) is 36.4 Å². The fourth-order valence-electron chi connectivity index (χ4n) is 2.03. The zero-order chi connectivity index (χ0) is 14.8. The molecule has 0 aliphatic rings. The maximum Gasteiger partial charge on any atom is 0.169 e. The van der Waals surface area contributed by atoms with Crippen LogP contribution >= 0.6 is 27.7 Å². The molecular formula is C16H13BrFNOS. The molecular weight excluding hydrogens is 353 g/mol. The highest BCUT2D eigenvalue weighted by Gasteiger charge is 2.14. The third kappa shape index (κ3) is 3.31. The van der Waals surface area contributed by atoms with Crippen LogP contribution in [0.25, 0.3) is 11.0 Å². The molecule has 0 radical (unpaired) electrons. The third-order valence-corrected chi connectivity index (χ3v) is 4.78. The van der Waals surface area contributed by atoms with E-state index in [0.717, 1.165) is 14.8 Å². The van der Waals surface area contributed by atoms with Crippen molar-refractivity contribution in [2.45, 2.75) is 10.9 Å². The minimum absolute atomic E-state index is 0.273. The molecule has 0 spiro atoms. The first kappa shape index (κ1) is 14.6. The van der Waals surface area contributed by atoms with Crippen molar-refractivity contribution in [2.75, 3.05) is 5.75 Å². The van der Waals surface area contributed by atoms with E-state index < -0.39 is 0 Å². The van der Waals surface area contributed by atoms with Gasteiger partial charge in [0.25, 0.3) is 0 Å². The Balaban J connectivity index is 1.73. The molecule has 0 saturated carbocycles. The number of benzene rings is 2. The lowest BCUT2D eigenvalue weighted by Gasteiger charge is -2.08. The van der Waals surface area contributed by atoms with Crippen LogP contribution in [0.4, 0.5) is 4.39 Å². The monoisotopic (exact) mass is 365 g/mol. The van der Waals surface area contributed by atoms with Crippen LogP contribution in [0.1, 0.15) is 11.8 Å². The van der Waals surface area contributed by atoms with Gasteiger partial charge in [0.05, 0.1) is 6.04 Å². The van der Waals surface area contributed by atoms with Gasteiger partial charge in [-0.15, -0.1) is 11.8 Å². The van der Waals surface area contributed by atoms with Crippen molar-refractivity contribution in [1.29, 1.82) is 0 Å². The number of hydrogen-bond donors (Lipinski definition) is 1. The highest BCUT2D eigenvalue weighted by atomic mass is 79.9. The number of halogens is 2. The molecule has 0 amide bonds. The van der Waals surface area contributed by atoms with E-state index in [2.05, 4.69) is 15.9 Å². The average molecular weight is 366 g/mol. The summed E-state index contributed by atoms with van der Waals surface area (Å²) in [5, 5.41) is 0.745. The summed E-state index contributed by atoms with van der Waals surface area (Å²) in [5.74, 6) is 0.925. The molecule has 0 bridgehead atoms. The Morgan fingerprint density at radius 3 is 2.67 bits per heavy atom. The lowest BCUT2D eigenvalue weighted by Crippen LogP contribution is -2.11. The van der Waals surface area contributed by atoms with Crippen LogP contribution in [0.5, 0.6) is 0 Å². The van der Waals surface area contributed by atoms with Crippen molar-refractivity contribution in [3.63, 3.8) is 0 Å². The van der Waals surface area contributed by atoms with Gasteiger partial charge in [-0.1, -0.05) is 28.1 Å². The molecule has 1 heterocycles. The Kier molecular flexibility index (Phi) is 4.33. The highest BCUT2D eigenvalue weighted by molar-refractivity contribution is 9.10. The van der Waals surface area contributed by atoms with E-state index in [-0.39, 0.29) is 17.4 Å². The normalized spacial score (nSPS) is 12.7. The largest absolute Gasteiger partial charge is 0.456 e. The fraction of sp³-hybridized carbons (Fsp3) is 0.125. The lowest BCUT2D eigenvalue weighted by molar-refractivity contribution is 0.495. The van der Waals surface area contributed by atoms with Crippen molar-refractivity contribution < 1.29 is 8.81 Å². The predicted molar refractivity (Wildman–Crippen MR) is 88.0 cm³/mol. The first-order valence-electron chi connectivity index (χ1n) is 6.45. The molecule has 0 aliphatic carbocycles. The predicted octanol–water partition coefficient (Wildman–Crippen LogP) is 5.13. The Bertz CT molecular complexity index is 757. The van der Waals surface area contributed by atoms with Gasteiger partial charge in [0, 0.05) is 20.5 Å². The van der Waals surface area contributed by atoms with Crippen molar-refractivity contribution >= 4 is 38.7 Å². The van der Waals surface area contributed by atoms with E-state index in [4.69, 9.17) is 10.2 Å². The van der Waals surface area contributed by atoms with Gasteiger partial charge in [-0.05, 0) is 36.4 Å². The molecule has 5 heteroatoms. The van der Waals surface area contributed by atoms with Crippen LogP contribution in [0.15, 0.2) is 62.3 Å². The Hall–Kier alpha value is -1.30. The van der Waals surface area contributed by atoms with Crippen molar-refractivity contribution in [2.24, 2.45) is 5.73 Å². The second-order valence-corrected chi connectivity index (χ2v) is 6.69. The molecule has 21 heavy (non-hydrogen) atoms. The van der Waals surface area contributed by atoms with Gasteiger partial charge in [0.2, 0.25) is 0 Å². The summed E-state index contributed by atoms with van der Waals surface area (Å²) >= 11 is 5.05. The van der Waals surface area contributed by atoms with Crippen LogP contribution in [0, 0.1) is 5.82 Å². The van der Waals surface area contributed by atoms with Gasteiger partial charge < -0.3 is 10.2 Å². The highest BCUT2D eigenvalue weighted by Crippen LogP contribution is 2.29. The van der Waals surface area contributed by atoms with E-state index in [1.165, 1.54) is 6.07 Å². The Morgan fingerprint density at radius 1 is 1.19 bits per heavy atom. The minimum atomic E-state index is -0.355. The second-order valence-electron chi connectivity index (χ2n) is 4.68. The van der Waals surface area contributed by atoms with Crippen LogP contribution in [0.2, 0.25) is 0 Å². The van der Waals surface area contributed by atoms with Gasteiger partial charge in [0.15, 0.2) is 11.4 Å². The summed E-state index contributed by atoms with van der Waals surface area (Å²) in [6.07, 6.45) is 0. The summed E-state index contributed by atoms with van der Waals surface area (Å²) in [6, 6.07) is 14.4. The quantitative estimate of drug-likeness (QED) is 0.651. The molecule has 1 unspecified atom stereocenters. The SMILES string of the molecule is NC(CSc1ccc(Br)cc1)c1cc2cccc(F)c2o1. The average Bonchev–Trinajstić information content (AvgIpc) is 2.92. The maximum atomic E-state index is 13.6. The molecule has 0 fully saturated rings. The van der Waals surface area contributed by atoms with E-state index >= 15 is 0 Å². The standard InChI is InChI=1S/C16H13BrFNOS/c17-11-4-6-12(7-5-11)21-9-14(19)15-8-10-2-1-3-13(18)16(10)20-15/h1-8,14H,9,19H2. The van der Waals surface area contributed by atoms with Crippen LogP contribution in [-0.4, -0.2) is 5.75 Å². The number of hydrogen-bond acceptors (Lipinski definition) is 3. The summed E-state index contributed by atoms with van der Waals surface area (Å²) in [5.41, 5.74) is 6.41. The summed E-state index contributed by atoms with van der Waals surface area (Å²) in [4.78, 5) is 1.14. The first-order chi connectivity index (χ1) is 10.1. The summed E-state index contributed by atoms with van der Waals surface area (Å²) < 4.78 is 20.2. The molecule has 1 atom stereocenters. The molecule has 108 valence electrons. The Morgan fingerprint density at radius 2 is 1.95 bits per heavy atom. The molecule has 2 N–H and O–H groups in total. The van der Waals surface area contributed by atoms with E-state index in [1.54, 1.807) is 17.8 Å². The number of rotatable bonds is 4. The summed E-state index contributed by atoms with van der Waals surface area (Å²) in [7, 11) is 0. The molecule has 1 aromatic heterocycles. The number of thioether (sulfide) groups is 1. The van der Waals surface area contributed by atoms with E-state index in [0.29, 0.717) is 11.5 Å². The topological polar surface area (TPSA) is 39.2 Å². The molecule has 3 rings (SSSR count). The van der Waals surface area contributed by atoms with Crippen LogP contribution in [-0.2, 0) is 0 Å². The van der Waals surface area contributed by atoms with Crippen LogP contribution < -0.4 is 5.73 Å². The maximum absolute atomic E-state index is 13.6. The first-order valence-corrected chi connectivity index (χ1v) is 8.23. The number of nitrogens with two attached hydrogens (primary N) is 1. The van der Waals surface area contributed by atoms with Gasteiger partial charge in [0.1, 0.15) is 5.76 Å². The number of furan rings is 1. The zero-order valence-electron chi connectivity index (χ0n) is 11.1. The molecule has 0 aliphatic heterocycles. The zero-order valence-corrected chi connectivity index (χ0v) is 13.5. The smallest absolute Gasteiger partial charge is 0.169 e. The molecule has 0 saturated heterocycles. The van der Waals surface area contributed by atoms with Gasteiger partial charge in [-0.25, -0.2) is 4.39 Å². The third-order valence-electron chi connectivity index (χ3n) is 3.12. The number of fused-ring (bicyclic) bond motifs is 1. The Labute approximate surface area is 134 Å². The van der Waals surface area contributed by atoms with Crippen molar-refractivity contribution in [3.05, 3.63) is 64.6 Å². The van der Waals surface area contributed by atoms with Crippen molar-refractivity contribution in [1.82, 2.24) is 0 Å². The number of para-hydroxylation sites is 1. The fourth-order valence-corrected chi connectivity index (χ4v) is 3.16. The van der Waals surface area contributed by atoms with Gasteiger partial charge in [-0.2, -0.15) is 0 Å². The molecule has 2 nitrogen and oxygen atoms in total. The van der Waals surface area contributed by atoms with E-state index in [9.17, 15) is 4.39 Å².